The summed E-state index contributed by atoms with van der Waals surface area (Å²) in [6.45, 7) is 7.71. The molecule has 108 valence electrons. The monoisotopic (exact) mass is 266 g/mol. The number of carbonyl (C=O) groups excluding carboxylic acids is 2. The van der Waals surface area contributed by atoms with Gasteiger partial charge in [0.2, 0.25) is 11.8 Å². The summed E-state index contributed by atoms with van der Waals surface area (Å²) in [6.07, 6.45) is 3.86. The molecule has 0 radical (unpaired) electrons. The van der Waals surface area contributed by atoms with Crippen molar-refractivity contribution in [2.45, 2.75) is 52.5 Å². The SMILES string of the molecule is CCNC(CC)CN1C(=O)C2CC(CC)CC2C1=O. The maximum Gasteiger partial charge on any atom is 0.233 e. The summed E-state index contributed by atoms with van der Waals surface area (Å²) in [6, 6.07) is 0.235. The molecule has 1 heterocycles. The Balaban J connectivity index is 2.02. The van der Waals surface area contributed by atoms with Crippen LogP contribution in [0.15, 0.2) is 0 Å². The number of hydrogen-bond donors (Lipinski definition) is 1. The summed E-state index contributed by atoms with van der Waals surface area (Å²) < 4.78 is 0. The minimum Gasteiger partial charge on any atom is -0.312 e. The van der Waals surface area contributed by atoms with Crippen molar-refractivity contribution in [3.63, 3.8) is 0 Å². The molecule has 0 aromatic rings. The molecular weight excluding hydrogens is 240 g/mol. The van der Waals surface area contributed by atoms with Gasteiger partial charge in [-0.05, 0) is 31.7 Å². The minimum absolute atomic E-state index is 0.0171. The zero-order chi connectivity index (χ0) is 14.0. The van der Waals surface area contributed by atoms with Gasteiger partial charge >= 0.3 is 0 Å². The van der Waals surface area contributed by atoms with Gasteiger partial charge in [-0.15, -0.1) is 0 Å². The third kappa shape index (κ3) is 2.69. The van der Waals surface area contributed by atoms with E-state index in [-0.39, 0.29) is 29.7 Å². The van der Waals surface area contributed by atoms with Crippen LogP contribution < -0.4 is 5.32 Å². The van der Waals surface area contributed by atoms with Crippen LogP contribution in [0.5, 0.6) is 0 Å². The number of imide groups is 1. The highest BCUT2D eigenvalue weighted by molar-refractivity contribution is 6.05. The number of carbonyl (C=O) groups is 2. The molecule has 0 aromatic heterocycles. The van der Waals surface area contributed by atoms with E-state index >= 15 is 0 Å². The van der Waals surface area contributed by atoms with Gasteiger partial charge in [0.15, 0.2) is 0 Å². The number of likely N-dealkylation sites (N-methyl/N-ethyl adjacent to an activating group) is 1. The van der Waals surface area contributed by atoms with Gasteiger partial charge in [0, 0.05) is 12.6 Å². The van der Waals surface area contributed by atoms with Crippen LogP contribution in [-0.4, -0.2) is 35.8 Å². The van der Waals surface area contributed by atoms with Crippen molar-refractivity contribution in [2.24, 2.45) is 17.8 Å². The second-order valence-corrected chi connectivity index (χ2v) is 5.91. The predicted molar refractivity (Wildman–Crippen MR) is 74.5 cm³/mol. The molecule has 2 amide bonds. The number of nitrogens with one attached hydrogen (secondary N) is 1. The fourth-order valence-electron chi connectivity index (χ4n) is 3.56. The van der Waals surface area contributed by atoms with Crippen molar-refractivity contribution in [3.05, 3.63) is 0 Å². The van der Waals surface area contributed by atoms with E-state index in [1.165, 1.54) is 4.90 Å². The van der Waals surface area contributed by atoms with E-state index in [0.29, 0.717) is 12.5 Å². The average Bonchev–Trinajstić information content (AvgIpc) is 2.93. The van der Waals surface area contributed by atoms with E-state index in [2.05, 4.69) is 26.1 Å². The van der Waals surface area contributed by atoms with Gasteiger partial charge in [-0.3, -0.25) is 14.5 Å². The highest BCUT2D eigenvalue weighted by Crippen LogP contribution is 2.44. The molecule has 1 aliphatic heterocycles. The largest absolute Gasteiger partial charge is 0.312 e. The lowest BCUT2D eigenvalue weighted by molar-refractivity contribution is -0.141. The highest BCUT2D eigenvalue weighted by atomic mass is 16.2. The third-order valence-electron chi connectivity index (χ3n) is 4.79. The molecule has 3 atom stereocenters. The Hall–Kier alpha value is -0.900. The van der Waals surface area contributed by atoms with Gasteiger partial charge in [-0.2, -0.15) is 0 Å². The van der Waals surface area contributed by atoms with Gasteiger partial charge in [-0.1, -0.05) is 27.2 Å². The quantitative estimate of drug-likeness (QED) is 0.746. The van der Waals surface area contributed by atoms with Crippen LogP contribution in [0.4, 0.5) is 0 Å². The van der Waals surface area contributed by atoms with Crippen molar-refractivity contribution in [3.8, 4) is 0 Å². The molecule has 1 saturated heterocycles. The van der Waals surface area contributed by atoms with Crippen LogP contribution in [0.25, 0.3) is 0 Å². The zero-order valence-corrected chi connectivity index (χ0v) is 12.3. The van der Waals surface area contributed by atoms with Gasteiger partial charge in [-0.25, -0.2) is 0 Å². The summed E-state index contributed by atoms with van der Waals surface area (Å²) in [4.78, 5) is 26.3. The summed E-state index contributed by atoms with van der Waals surface area (Å²) in [5.74, 6) is 0.707. The van der Waals surface area contributed by atoms with Crippen molar-refractivity contribution in [1.82, 2.24) is 10.2 Å². The first-order valence-electron chi connectivity index (χ1n) is 7.70. The first-order chi connectivity index (χ1) is 9.12. The maximum absolute atomic E-state index is 12.4. The molecule has 4 nitrogen and oxygen atoms in total. The number of rotatable bonds is 6. The number of likely N-dealkylation sites (tertiary alicyclic amines) is 1. The molecule has 0 spiro atoms. The zero-order valence-electron chi connectivity index (χ0n) is 12.3. The number of hydrogen-bond acceptors (Lipinski definition) is 3. The normalized spacial score (nSPS) is 31.9. The number of fused-ring (bicyclic) bond motifs is 1. The van der Waals surface area contributed by atoms with Gasteiger partial charge in [0.1, 0.15) is 0 Å². The second kappa shape index (κ2) is 6.04. The summed E-state index contributed by atoms with van der Waals surface area (Å²) in [5, 5.41) is 3.34. The summed E-state index contributed by atoms with van der Waals surface area (Å²) in [7, 11) is 0. The van der Waals surface area contributed by atoms with E-state index in [1.54, 1.807) is 0 Å². The molecule has 0 bridgehead atoms. The molecule has 2 rings (SSSR count). The fourth-order valence-corrected chi connectivity index (χ4v) is 3.56. The van der Waals surface area contributed by atoms with E-state index in [1.807, 2.05) is 0 Å². The van der Waals surface area contributed by atoms with E-state index in [4.69, 9.17) is 0 Å². The Kier molecular flexibility index (Phi) is 4.61. The average molecular weight is 266 g/mol. The first kappa shape index (κ1) is 14.5. The van der Waals surface area contributed by atoms with E-state index in [9.17, 15) is 9.59 Å². The minimum atomic E-state index is -0.0171. The molecule has 2 aliphatic rings. The molecule has 1 N–H and O–H groups in total. The molecule has 3 unspecified atom stereocenters. The maximum atomic E-state index is 12.4. The lowest BCUT2D eigenvalue weighted by atomic mass is 10.00. The Morgan fingerprint density at radius 3 is 2.16 bits per heavy atom. The van der Waals surface area contributed by atoms with Gasteiger partial charge < -0.3 is 5.32 Å². The van der Waals surface area contributed by atoms with Crippen molar-refractivity contribution in [2.75, 3.05) is 13.1 Å². The molecule has 1 saturated carbocycles. The van der Waals surface area contributed by atoms with Crippen molar-refractivity contribution < 1.29 is 9.59 Å². The molecule has 2 fully saturated rings. The first-order valence-corrected chi connectivity index (χ1v) is 7.70. The topological polar surface area (TPSA) is 49.4 Å². The predicted octanol–water partition coefficient (Wildman–Crippen LogP) is 1.80. The van der Waals surface area contributed by atoms with Gasteiger partial charge in [0.25, 0.3) is 0 Å². The van der Waals surface area contributed by atoms with Crippen molar-refractivity contribution in [1.29, 1.82) is 0 Å². The standard InChI is InChI=1S/C15H26N2O2/c1-4-10-7-12-13(8-10)15(19)17(14(12)18)9-11(5-2)16-6-3/h10-13,16H,4-9H2,1-3H3. The molecule has 19 heavy (non-hydrogen) atoms. The fraction of sp³-hybridized carbons (Fsp3) is 0.867. The van der Waals surface area contributed by atoms with E-state index in [0.717, 1.165) is 32.2 Å². The van der Waals surface area contributed by atoms with Crippen LogP contribution in [0.3, 0.4) is 0 Å². The molecule has 4 heteroatoms. The number of nitrogens with zero attached hydrogens (tertiary/aromatic N) is 1. The number of amides is 2. The van der Waals surface area contributed by atoms with E-state index < -0.39 is 0 Å². The molecule has 0 aromatic carbocycles. The van der Waals surface area contributed by atoms with Crippen molar-refractivity contribution >= 4 is 11.8 Å². The van der Waals surface area contributed by atoms with Crippen LogP contribution in [0.2, 0.25) is 0 Å². The Morgan fingerprint density at radius 1 is 1.16 bits per heavy atom. The lowest BCUT2D eigenvalue weighted by Crippen LogP contribution is -2.44. The Morgan fingerprint density at radius 2 is 1.74 bits per heavy atom. The summed E-state index contributed by atoms with van der Waals surface area (Å²) in [5.41, 5.74) is 0. The lowest BCUT2D eigenvalue weighted by Gasteiger charge is -2.23. The van der Waals surface area contributed by atoms with Crippen LogP contribution in [0, 0.1) is 17.8 Å². The molecular formula is C15H26N2O2. The Bertz CT molecular complexity index is 332. The second-order valence-electron chi connectivity index (χ2n) is 5.91. The smallest absolute Gasteiger partial charge is 0.233 e. The van der Waals surface area contributed by atoms with Crippen LogP contribution in [0.1, 0.15) is 46.5 Å². The third-order valence-corrected chi connectivity index (χ3v) is 4.79. The Labute approximate surface area is 115 Å². The van der Waals surface area contributed by atoms with Gasteiger partial charge in [0.05, 0.1) is 11.8 Å². The molecule has 1 aliphatic carbocycles. The van der Waals surface area contributed by atoms with Crippen LogP contribution in [-0.2, 0) is 9.59 Å². The highest BCUT2D eigenvalue weighted by Gasteiger charge is 2.52. The summed E-state index contributed by atoms with van der Waals surface area (Å²) >= 11 is 0. The van der Waals surface area contributed by atoms with Crippen LogP contribution >= 0.6 is 0 Å².